The molecule has 0 amide bonds. The van der Waals surface area contributed by atoms with Crippen LogP contribution in [0.25, 0.3) is 11.3 Å². The molecular formula is C24H28ClN3O2S. The van der Waals surface area contributed by atoms with Crippen LogP contribution in [-0.4, -0.2) is 22.4 Å². The normalized spacial score (nSPS) is 10.8. The monoisotopic (exact) mass is 457 g/mol. The van der Waals surface area contributed by atoms with E-state index in [0.717, 1.165) is 24.1 Å². The van der Waals surface area contributed by atoms with Gasteiger partial charge in [-0.05, 0) is 43.7 Å². The number of hydrogen-bond donors (Lipinski definition) is 1. The quantitative estimate of drug-likeness (QED) is 0.224. The zero-order valence-corrected chi connectivity index (χ0v) is 19.6. The zero-order valence-electron chi connectivity index (χ0n) is 18.0. The van der Waals surface area contributed by atoms with Crippen LogP contribution in [0.2, 0.25) is 4.34 Å². The summed E-state index contributed by atoms with van der Waals surface area (Å²) in [6.07, 6.45) is 10.6. The number of rotatable bonds is 12. The lowest BCUT2D eigenvalue weighted by Gasteiger charge is -2.12. The Hall–Kier alpha value is -2.44. The van der Waals surface area contributed by atoms with Gasteiger partial charge in [-0.25, -0.2) is 4.98 Å². The Morgan fingerprint density at radius 2 is 1.97 bits per heavy atom. The fourth-order valence-electron chi connectivity index (χ4n) is 3.23. The first-order chi connectivity index (χ1) is 15.1. The highest BCUT2D eigenvalue weighted by Gasteiger charge is 2.14. The van der Waals surface area contributed by atoms with Crippen molar-refractivity contribution in [2.45, 2.75) is 52.4 Å². The molecule has 1 aromatic carbocycles. The van der Waals surface area contributed by atoms with Crippen molar-refractivity contribution in [1.82, 2.24) is 9.97 Å². The van der Waals surface area contributed by atoms with Crippen molar-refractivity contribution in [1.29, 1.82) is 0 Å². The smallest absolute Gasteiger partial charge is 0.189 e. The maximum Gasteiger partial charge on any atom is 0.189 e. The molecule has 164 valence electrons. The first kappa shape index (κ1) is 23.2. The number of carbonyl (C=O) groups excluding carboxylic acids is 1. The summed E-state index contributed by atoms with van der Waals surface area (Å²) in [5.41, 5.74) is 2.87. The van der Waals surface area contributed by atoms with Crippen LogP contribution in [-0.2, 0) is 0 Å². The average molecular weight is 458 g/mol. The second kappa shape index (κ2) is 11.8. The van der Waals surface area contributed by atoms with E-state index in [2.05, 4.69) is 22.2 Å². The minimum atomic E-state index is -0.0326. The number of unbranched alkanes of at least 4 members (excludes halogenated alkanes) is 5. The van der Waals surface area contributed by atoms with Crippen LogP contribution in [0, 0.1) is 0 Å². The molecule has 5 nitrogen and oxygen atoms in total. The van der Waals surface area contributed by atoms with Crippen molar-refractivity contribution in [3.8, 4) is 17.0 Å². The van der Waals surface area contributed by atoms with E-state index in [1.165, 1.54) is 37.0 Å². The molecule has 0 unspecified atom stereocenters. The molecule has 2 aromatic heterocycles. The second-order valence-electron chi connectivity index (χ2n) is 7.39. The van der Waals surface area contributed by atoms with Crippen LogP contribution in [0.3, 0.4) is 0 Å². The molecule has 3 aromatic rings. The third-order valence-corrected chi connectivity index (χ3v) is 6.06. The van der Waals surface area contributed by atoms with Gasteiger partial charge in [-0.3, -0.25) is 9.78 Å². The van der Waals surface area contributed by atoms with Crippen molar-refractivity contribution < 1.29 is 9.53 Å². The first-order valence-electron chi connectivity index (χ1n) is 10.7. The summed E-state index contributed by atoms with van der Waals surface area (Å²) in [4.78, 5) is 20.9. The Morgan fingerprint density at radius 1 is 1.16 bits per heavy atom. The molecular weight excluding hydrogens is 430 g/mol. The van der Waals surface area contributed by atoms with E-state index < -0.39 is 0 Å². The van der Waals surface area contributed by atoms with Gasteiger partial charge in [0.1, 0.15) is 15.8 Å². The summed E-state index contributed by atoms with van der Waals surface area (Å²) >= 11 is 7.72. The van der Waals surface area contributed by atoms with E-state index in [0.29, 0.717) is 33.1 Å². The minimum absolute atomic E-state index is 0.0326. The van der Waals surface area contributed by atoms with Crippen molar-refractivity contribution in [2.24, 2.45) is 0 Å². The Labute approximate surface area is 192 Å². The lowest BCUT2D eigenvalue weighted by molar-refractivity contribution is 0.101. The van der Waals surface area contributed by atoms with Crippen LogP contribution < -0.4 is 10.1 Å². The van der Waals surface area contributed by atoms with Gasteiger partial charge >= 0.3 is 0 Å². The third kappa shape index (κ3) is 6.77. The van der Waals surface area contributed by atoms with Gasteiger partial charge in [-0.1, -0.05) is 62.0 Å². The standard InChI is InChI=1S/C24H28ClN3O2S/c1-3-4-5-6-7-8-14-30-21-12-11-19(15-20(21)17(2)29)27-24-28-22(23(25)31-24)18-10-9-13-26-16-18/h9-13,15-16H,3-8,14H2,1-2H3,(H,27,28). The summed E-state index contributed by atoms with van der Waals surface area (Å²) in [6, 6.07) is 9.30. The van der Waals surface area contributed by atoms with Gasteiger partial charge in [0, 0.05) is 23.6 Å². The van der Waals surface area contributed by atoms with Gasteiger partial charge in [0.25, 0.3) is 0 Å². The fourth-order valence-corrected chi connectivity index (χ4v) is 4.34. The number of nitrogens with one attached hydrogen (secondary N) is 1. The van der Waals surface area contributed by atoms with E-state index >= 15 is 0 Å². The van der Waals surface area contributed by atoms with Crippen LogP contribution in [0.1, 0.15) is 62.7 Å². The number of thiazole rings is 1. The van der Waals surface area contributed by atoms with Crippen molar-refractivity contribution in [2.75, 3.05) is 11.9 Å². The number of halogens is 1. The average Bonchev–Trinajstić information content (AvgIpc) is 3.14. The third-order valence-electron chi connectivity index (χ3n) is 4.89. The van der Waals surface area contributed by atoms with Gasteiger partial charge in [-0.15, -0.1) is 0 Å². The van der Waals surface area contributed by atoms with Gasteiger partial charge < -0.3 is 10.1 Å². The van der Waals surface area contributed by atoms with Gasteiger partial charge in [0.05, 0.1) is 12.2 Å². The number of carbonyl (C=O) groups is 1. The van der Waals surface area contributed by atoms with E-state index in [1.54, 1.807) is 25.4 Å². The molecule has 0 saturated heterocycles. The fraction of sp³-hybridized carbons (Fsp3) is 0.375. The summed E-state index contributed by atoms with van der Waals surface area (Å²) in [5.74, 6) is 0.592. The first-order valence-corrected chi connectivity index (χ1v) is 11.9. The zero-order chi connectivity index (χ0) is 22.1. The summed E-state index contributed by atoms with van der Waals surface area (Å²) in [5, 5.41) is 3.90. The Kier molecular flexibility index (Phi) is 8.85. The maximum absolute atomic E-state index is 12.2. The Morgan fingerprint density at radius 3 is 2.71 bits per heavy atom. The number of aromatic nitrogens is 2. The van der Waals surface area contributed by atoms with Crippen LogP contribution in [0.5, 0.6) is 5.75 Å². The molecule has 0 bridgehead atoms. The lowest BCUT2D eigenvalue weighted by Crippen LogP contribution is -2.04. The van der Waals surface area contributed by atoms with E-state index in [-0.39, 0.29) is 5.78 Å². The number of nitrogens with zero attached hydrogens (tertiary/aromatic N) is 2. The predicted molar refractivity (Wildman–Crippen MR) is 129 cm³/mol. The molecule has 0 aliphatic heterocycles. The summed E-state index contributed by atoms with van der Waals surface area (Å²) in [7, 11) is 0. The van der Waals surface area contributed by atoms with Crippen LogP contribution in [0.4, 0.5) is 10.8 Å². The highest BCUT2D eigenvalue weighted by molar-refractivity contribution is 7.20. The molecule has 31 heavy (non-hydrogen) atoms. The molecule has 0 radical (unpaired) electrons. The van der Waals surface area contributed by atoms with Gasteiger partial charge in [0.15, 0.2) is 10.9 Å². The highest BCUT2D eigenvalue weighted by atomic mass is 35.5. The number of ketones is 1. The van der Waals surface area contributed by atoms with Crippen LogP contribution in [0.15, 0.2) is 42.7 Å². The minimum Gasteiger partial charge on any atom is -0.493 e. The number of benzene rings is 1. The Balaban J connectivity index is 1.64. The molecule has 0 aliphatic carbocycles. The van der Waals surface area contributed by atoms with Crippen LogP contribution >= 0.6 is 22.9 Å². The van der Waals surface area contributed by atoms with Crippen molar-refractivity contribution in [3.05, 3.63) is 52.6 Å². The number of ether oxygens (including phenoxy) is 1. The molecule has 7 heteroatoms. The molecule has 1 N–H and O–H groups in total. The van der Waals surface area contributed by atoms with E-state index in [4.69, 9.17) is 16.3 Å². The summed E-state index contributed by atoms with van der Waals surface area (Å²) < 4.78 is 6.49. The Bertz CT molecular complexity index is 992. The molecule has 0 fully saturated rings. The topological polar surface area (TPSA) is 64.1 Å². The SMILES string of the molecule is CCCCCCCCOc1ccc(Nc2nc(-c3cccnc3)c(Cl)s2)cc1C(C)=O. The van der Waals surface area contributed by atoms with Crippen molar-refractivity contribution >= 4 is 39.5 Å². The number of Topliss-reactive ketones (excluding diaryl/α,β-unsaturated/α-hetero) is 1. The molecule has 0 atom stereocenters. The predicted octanol–water partition coefficient (Wildman–Crippen LogP) is 7.54. The van der Waals surface area contributed by atoms with Gasteiger partial charge in [0.2, 0.25) is 0 Å². The molecule has 3 rings (SSSR count). The van der Waals surface area contributed by atoms with Crippen molar-refractivity contribution in [3.63, 3.8) is 0 Å². The number of hydrogen-bond acceptors (Lipinski definition) is 6. The van der Waals surface area contributed by atoms with E-state index in [1.807, 2.05) is 24.3 Å². The molecule has 2 heterocycles. The maximum atomic E-state index is 12.2. The lowest BCUT2D eigenvalue weighted by atomic mass is 10.1. The second-order valence-corrected chi connectivity index (χ2v) is 8.99. The van der Waals surface area contributed by atoms with E-state index in [9.17, 15) is 4.79 Å². The largest absolute Gasteiger partial charge is 0.493 e. The van der Waals surface area contributed by atoms with Gasteiger partial charge in [-0.2, -0.15) is 0 Å². The number of pyridine rings is 1. The highest BCUT2D eigenvalue weighted by Crippen LogP contribution is 2.36. The molecule has 0 aliphatic rings. The molecule has 0 saturated carbocycles. The number of anilines is 2. The molecule has 0 spiro atoms. The summed E-state index contributed by atoms with van der Waals surface area (Å²) in [6.45, 7) is 4.39.